The molecule has 1 aromatic carbocycles. The van der Waals surface area contributed by atoms with Gasteiger partial charge >= 0.3 is 0 Å². The summed E-state index contributed by atoms with van der Waals surface area (Å²) in [6.45, 7) is 5.99. The first kappa shape index (κ1) is 18.5. The molecule has 0 atom stereocenters. The molecule has 0 spiro atoms. The van der Waals surface area contributed by atoms with Gasteiger partial charge in [-0.3, -0.25) is 4.79 Å². The molecule has 0 unspecified atom stereocenters. The van der Waals surface area contributed by atoms with Gasteiger partial charge in [0.2, 0.25) is 0 Å². The van der Waals surface area contributed by atoms with Gasteiger partial charge < -0.3 is 15.0 Å². The summed E-state index contributed by atoms with van der Waals surface area (Å²) >= 11 is 1.60. The lowest BCUT2D eigenvalue weighted by Crippen LogP contribution is -2.27. The van der Waals surface area contributed by atoms with Crippen molar-refractivity contribution in [3.05, 3.63) is 40.3 Å². The molecule has 0 saturated carbocycles. The molecule has 1 amide bonds. The normalized spacial score (nSPS) is 18.1. The average molecular weight is 385 g/mol. The van der Waals surface area contributed by atoms with Crippen LogP contribution >= 0.6 is 11.3 Å². The smallest absolute Gasteiger partial charge is 0.264 e. The molecule has 3 heterocycles. The van der Waals surface area contributed by atoms with Crippen LogP contribution in [0.5, 0.6) is 5.75 Å². The van der Waals surface area contributed by atoms with Crippen LogP contribution in [0.25, 0.3) is 10.4 Å². The second-order valence-electron chi connectivity index (χ2n) is 7.61. The molecule has 1 N–H and O–H groups in total. The summed E-state index contributed by atoms with van der Waals surface area (Å²) in [5.74, 6) is 1.70. The number of ether oxygens (including phenoxy) is 1. The van der Waals surface area contributed by atoms with Gasteiger partial charge in [0.15, 0.2) is 0 Å². The number of nitrogens with one attached hydrogen (secondary N) is 1. The standard InChI is InChI=1S/C22H28N2O2S/c1-15-13-20(27-21(15)22(25)24-11-3-4-12-24)18-6-5-17(14-19(18)26-2)16-7-9-23-10-8-16/h5-6,13-14,16,23H,3-4,7-12H2,1-2H3. The number of carbonyl (C=O) groups excluding carboxylic acids is 1. The average Bonchev–Trinajstić information content (AvgIpc) is 3.37. The molecular formula is C22H28N2O2S. The van der Waals surface area contributed by atoms with Crippen molar-refractivity contribution >= 4 is 17.2 Å². The van der Waals surface area contributed by atoms with Crippen LogP contribution < -0.4 is 10.1 Å². The van der Waals surface area contributed by atoms with E-state index in [4.69, 9.17) is 4.74 Å². The molecule has 0 radical (unpaired) electrons. The molecular weight excluding hydrogens is 356 g/mol. The van der Waals surface area contributed by atoms with Crippen LogP contribution in [-0.2, 0) is 0 Å². The summed E-state index contributed by atoms with van der Waals surface area (Å²) < 4.78 is 5.74. The van der Waals surface area contributed by atoms with Crippen LogP contribution in [0.3, 0.4) is 0 Å². The number of hydrogen-bond donors (Lipinski definition) is 1. The van der Waals surface area contributed by atoms with E-state index in [-0.39, 0.29) is 5.91 Å². The Hall–Kier alpha value is -1.85. The fourth-order valence-electron chi connectivity index (χ4n) is 4.21. The molecule has 2 fully saturated rings. The van der Waals surface area contributed by atoms with E-state index in [9.17, 15) is 4.79 Å². The van der Waals surface area contributed by atoms with E-state index in [0.29, 0.717) is 5.92 Å². The Morgan fingerprint density at radius 1 is 1.19 bits per heavy atom. The van der Waals surface area contributed by atoms with Gasteiger partial charge in [-0.25, -0.2) is 0 Å². The Labute approximate surface area is 165 Å². The van der Waals surface area contributed by atoms with Crippen molar-refractivity contribution in [2.45, 2.75) is 38.5 Å². The van der Waals surface area contributed by atoms with Crippen LogP contribution in [0.1, 0.15) is 52.4 Å². The molecule has 0 aliphatic carbocycles. The number of rotatable bonds is 4. The van der Waals surface area contributed by atoms with Gasteiger partial charge in [-0.15, -0.1) is 11.3 Å². The third kappa shape index (κ3) is 3.76. The maximum absolute atomic E-state index is 12.8. The van der Waals surface area contributed by atoms with Gasteiger partial charge in [0.1, 0.15) is 5.75 Å². The first-order chi connectivity index (χ1) is 13.2. The van der Waals surface area contributed by atoms with Crippen LogP contribution in [0.15, 0.2) is 24.3 Å². The fraction of sp³-hybridized carbons (Fsp3) is 0.500. The number of methoxy groups -OCH3 is 1. The van der Waals surface area contributed by atoms with Crippen molar-refractivity contribution in [2.75, 3.05) is 33.3 Å². The lowest BCUT2D eigenvalue weighted by molar-refractivity contribution is 0.0797. The van der Waals surface area contributed by atoms with Crippen LogP contribution in [0.4, 0.5) is 0 Å². The molecule has 4 rings (SSSR count). The second kappa shape index (κ2) is 8.03. The van der Waals surface area contributed by atoms with E-state index in [1.807, 2.05) is 11.8 Å². The Bertz CT molecular complexity index is 818. The third-order valence-corrected chi connectivity index (χ3v) is 7.07. The minimum absolute atomic E-state index is 0.187. The number of aryl methyl sites for hydroxylation is 1. The van der Waals surface area contributed by atoms with Crippen molar-refractivity contribution < 1.29 is 9.53 Å². The Kier molecular flexibility index (Phi) is 5.50. The highest BCUT2D eigenvalue weighted by Crippen LogP contribution is 2.40. The largest absolute Gasteiger partial charge is 0.496 e. The number of amides is 1. The molecule has 2 aliphatic rings. The molecule has 5 heteroatoms. The number of carbonyl (C=O) groups is 1. The highest BCUT2D eigenvalue weighted by molar-refractivity contribution is 7.17. The van der Waals surface area contributed by atoms with E-state index in [1.54, 1.807) is 18.4 Å². The van der Waals surface area contributed by atoms with Crippen molar-refractivity contribution in [2.24, 2.45) is 0 Å². The maximum atomic E-state index is 12.8. The highest BCUT2D eigenvalue weighted by atomic mass is 32.1. The van der Waals surface area contributed by atoms with E-state index in [2.05, 4.69) is 29.6 Å². The van der Waals surface area contributed by atoms with Crippen molar-refractivity contribution in [1.29, 1.82) is 0 Å². The van der Waals surface area contributed by atoms with E-state index in [0.717, 1.165) is 65.7 Å². The van der Waals surface area contributed by atoms with Gasteiger partial charge in [0.05, 0.1) is 12.0 Å². The third-order valence-electron chi connectivity index (χ3n) is 5.81. The van der Waals surface area contributed by atoms with Crippen molar-refractivity contribution in [3.63, 3.8) is 0 Å². The minimum atomic E-state index is 0.187. The number of benzene rings is 1. The zero-order chi connectivity index (χ0) is 18.8. The predicted molar refractivity (Wildman–Crippen MR) is 111 cm³/mol. The van der Waals surface area contributed by atoms with Crippen molar-refractivity contribution in [3.8, 4) is 16.2 Å². The van der Waals surface area contributed by atoms with Crippen LogP contribution in [0.2, 0.25) is 0 Å². The monoisotopic (exact) mass is 384 g/mol. The summed E-state index contributed by atoms with van der Waals surface area (Å²) in [7, 11) is 1.74. The minimum Gasteiger partial charge on any atom is -0.496 e. The number of hydrogen-bond acceptors (Lipinski definition) is 4. The van der Waals surface area contributed by atoms with E-state index in [1.165, 1.54) is 18.4 Å². The summed E-state index contributed by atoms with van der Waals surface area (Å²) in [5, 5.41) is 3.43. The second-order valence-corrected chi connectivity index (χ2v) is 8.66. The number of piperidine rings is 1. The molecule has 2 aromatic rings. The first-order valence-electron chi connectivity index (χ1n) is 9.96. The molecule has 27 heavy (non-hydrogen) atoms. The zero-order valence-corrected chi connectivity index (χ0v) is 17.0. The quantitative estimate of drug-likeness (QED) is 0.848. The summed E-state index contributed by atoms with van der Waals surface area (Å²) in [6.07, 6.45) is 4.59. The topological polar surface area (TPSA) is 41.6 Å². The Balaban J connectivity index is 1.62. The summed E-state index contributed by atoms with van der Waals surface area (Å²) in [4.78, 5) is 16.8. The summed E-state index contributed by atoms with van der Waals surface area (Å²) in [6, 6.07) is 8.74. The lowest BCUT2D eigenvalue weighted by Gasteiger charge is -2.23. The van der Waals surface area contributed by atoms with Gasteiger partial charge in [-0.2, -0.15) is 0 Å². The SMILES string of the molecule is COc1cc(C2CCNCC2)ccc1-c1cc(C)c(C(=O)N2CCCC2)s1. The maximum Gasteiger partial charge on any atom is 0.264 e. The number of thiophene rings is 1. The molecule has 144 valence electrons. The van der Waals surface area contributed by atoms with Crippen LogP contribution in [0, 0.1) is 6.92 Å². The highest BCUT2D eigenvalue weighted by Gasteiger charge is 2.24. The van der Waals surface area contributed by atoms with E-state index < -0.39 is 0 Å². The number of likely N-dealkylation sites (tertiary alicyclic amines) is 1. The Morgan fingerprint density at radius 2 is 1.93 bits per heavy atom. The van der Waals surface area contributed by atoms with Gasteiger partial charge in [0, 0.05) is 23.5 Å². The molecule has 1 aromatic heterocycles. The molecule has 2 saturated heterocycles. The predicted octanol–water partition coefficient (Wildman–Crippen LogP) is 4.44. The summed E-state index contributed by atoms with van der Waals surface area (Å²) in [5.41, 5.74) is 3.51. The van der Waals surface area contributed by atoms with E-state index >= 15 is 0 Å². The molecule has 4 nitrogen and oxygen atoms in total. The van der Waals surface area contributed by atoms with Gasteiger partial charge in [-0.1, -0.05) is 6.07 Å². The molecule has 2 aliphatic heterocycles. The number of nitrogens with zero attached hydrogens (tertiary/aromatic N) is 1. The fourth-order valence-corrected chi connectivity index (χ4v) is 5.38. The molecule has 0 bridgehead atoms. The first-order valence-corrected chi connectivity index (χ1v) is 10.8. The Morgan fingerprint density at radius 3 is 2.63 bits per heavy atom. The zero-order valence-electron chi connectivity index (χ0n) is 16.2. The van der Waals surface area contributed by atoms with Crippen molar-refractivity contribution in [1.82, 2.24) is 10.2 Å². The van der Waals surface area contributed by atoms with Gasteiger partial charge in [-0.05, 0) is 80.9 Å². The van der Waals surface area contributed by atoms with Crippen LogP contribution in [-0.4, -0.2) is 44.1 Å². The lowest BCUT2D eigenvalue weighted by atomic mass is 9.89. The van der Waals surface area contributed by atoms with Gasteiger partial charge in [0.25, 0.3) is 5.91 Å².